The Morgan fingerprint density at radius 3 is 2.63 bits per heavy atom. The number of carbonyl (C=O) groups is 1. The molecule has 0 aromatic carbocycles. The molecule has 2 saturated carbocycles. The SMILES string of the molecule is N#CC1(C(=O)N2CCC3(O)CCCCC3C2)CCC1. The first-order valence-electron chi connectivity index (χ1n) is 7.53. The first-order valence-corrected chi connectivity index (χ1v) is 7.53. The van der Waals surface area contributed by atoms with Crippen molar-refractivity contribution in [3.8, 4) is 6.07 Å². The summed E-state index contributed by atoms with van der Waals surface area (Å²) in [6.45, 7) is 1.27. The number of fused-ring (bicyclic) bond motifs is 1. The lowest BCUT2D eigenvalue weighted by Crippen LogP contribution is -2.58. The van der Waals surface area contributed by atoms with Crippen molar-refractivity contribution in [2.24, 2.45) is 11.3 Å². The van der Waals surface area contributed by atoms with E-state index in [-0.39, 0.29) is 11.8 Å². The van der Waals surface area contributed by atoms with E-state index in [2.05, 4.69) is 6.07 Å². The van der Waals surface area contributed by atoms with Crippen molar-refractivity contribution in [1.29, 1.82) is 5.26 Å². The minimum absolute atomic E-state index is 0.0221. The molecular formula is C15H22N2O2. The number of nitrogens with zero attached hydrogens (tertiary/aromatic N) is 2. The van der Waals surface area contributed by atoms with Crippen LogP contribution >= 0.6 is 0 Å². The molecule has 1 aliphatic heterocycles. The zero-order valence-electron chi connectivity index (χ0n) is 11.4. The number of nitriles is 1. The lowest BCUT2D eigenvalue weighted by atomic mass is 9.67. The maximum Gasteiger partial charge on any atom is 0.243 e. The average molecular weight is 262 g/mol. The summed E-state index contributed by atoms with van der Waals surface area (Å²) in [6.07, 6.45) is 7.25. The van der Waals surface area contributed by atoms with Gasteiger partial charge in [-0.05, 0) is 38.5 Å². The van der Waals surface area contributed by atoms with E-state index in [1.165, 1.54) is 0 Å². The van der Waals surface area contributed by atoms with Crippen molar-refractivity contribution in [2.75, 3.05) is 13.1 Å². The van der Waals surface area contributed by atoms with Crippen molar-refractivity contribution in [2.45, 2.75) is 57.0 Å². The number of rotatable bonds is 1. The first kappa shape index (κ1) is 12.9. The van der Waals surface area contributed by atoms with Gasteiger partial charge in [-0.25, -0.2) is 0 Å². The molecule has 1 saturated heterocycles. The molecule has 4 heteroatoms. The third-order valence-corrected chi connectivity index (χ3v) is 5.55. The van der Waals surface area contributed by atoms with Gasteiger partial charge in [0.2, 0.25) is 5.91 Å². The van der Waals surface area contributed by atoms with Crippen LogP contribution in [0.5, 0.6) is 0 Å². The predicted molar refractivity (Wildman–Crippen MR) is 70.0 cm³/mol. The quantitative estimate of drug-likeness (QED) is 0.784. The molecule has 2 unspecified atom stereocenters. The van der Waals surface area contributed by atoms with Gasteiger partial charge in [0.05, 0.1) is 11.7 Å². The summed E-state index contributed by atoms with van der Waals surface area (Å²) >= 11 is 0. The Kier molecular flexibility index (Phi) is 3.05. The molecular weight excluding hydrogens is 240 g/mol. The Balaban J connectivity index is 1.71. The van der Waals surface area contributed by atoms with E-state index in [4.69, 9.17) is 0 Å². The summed E-state index contributed by atoms with van der Waals surface area (Å²) < 4.78 is 0. The topological polar surface area (TPSA) is 64.3 Å². The van der Waals surface area contributed by atoms with E-state index in [1.807, 2.05) is 4.90 Å². The van der Waals surface area contributed by atoms with E-state index in [9.17, 15) is 15.2 Å². The number of hydrogen-bond donors (Lipinski definition) is 1. The lowest BCUT2D eigenvalue weighted by molar-refractivity contribution is -0.154. The van der Waals surface area contributed by atoms with Crippen LogP contribution in [0.3, 0.4) is 0 Å². The highest BCUT2D eigenvalue weighted by Crippen LogP contribution is 2.45. The summed E-state index contributed by atoms with van der Waals surface area (Å²) in [6, 6.07) is 2.24. The maximum absolute atomic E-state index is 12.5. The number of carbonyl (C=O) groups excluding carboxylic acids is 1. The Morgan fingerprint density at radius 1 is 1.21 bits per heavy atom. The number of likely N-dealkylation sites (tertiary alicyclic amines) is 1. The molecule has 0 radical (unpaired) electrons. The Hall–Kier alpha value is -1.08. The third kappa shape index (κ3) is 1.95. The normalized spacial score (nSPS) is 36.8. The molecule has 19 heavy (non-hydrogen) atoms. The molecule has 1 amide bonds. The van der Waals surface area contributed by atoms with E-state index in [0.29, 0.717) is 32.4 Å². The van der Waals surface area contributed by atoms with Crippen LogP contribution in [0.2, 0.25) is 0 Å². The van der Waals surface area contributed by atoms with Crippen LogP contribution in [0.1, 0.15) is 51.4 Å². The van der Waals surface area contributed by atoms with E-state index < -0.39 is 11.0 Å². The van der Waals surface area contributed by atoms with Crippen molar-refractivity contribution in [1.82, 2.24) is 4.90 Å². The Morgan fingerprint density at radius 2 is 2.00 bits per heavy atom. The third-order valence-electron chi connectivity index (χ3n) is 5.55. The van der Waals surface area contributed by atoms with E-state index >= 15 is 0 Å². The van der Waals surface area contributed by atoms with Crippen molar-refractivity contribution >= 4 is 5.91 Å². The molecule has 0 bridgehead atoms. The number of hydrogen-bond acceptors (Lipinski definition) is 3. The molecule has 2 aliphatic carbocycles. The monoisotopic (exact) mass is 262 g/mol. The molecule has 3 fully saturated rings. The number of amides is 1. The average Bonchev–Trinajstić information content (AvgIpc) is 2.37. The molecule has 3 rings (SSSR count). The van der Waals surface area contributed by atoms with Crippen LogP contribution in [-0.2, 0) is 4.79 Å². The fraction of sp³-hybridized carbons (Fsp3) is 0.867. The van der Waals surface area contributed by atoms with Crippen molar-refractivity contribution in [3.63, 3.8) is 0 Å². The number of aliphatic hydroxyl groups is 1. The van der Waals surface area contributed by atoms with Crippen LogP contribution in [0.15, 0.2) is 0 Å². The first-order chi connectivity index (χ1) is 9.10. The van der Waals surface area contributed by atoms with E-state index in [0.717, 1.165) is 32.1 Å². The highest BCUT2D eigenvalue weighted by Gasteiger charge is 2.50. The smallest absolute Gasteiger partial charge is 0.243 e. The second-order valence-electron chi connectivity index (χ2n) is 6.59. The van der Waals surface area contributed by atoms with Gasteiger partial charge in [0.25, 0.3) is 0 Å². The van der Waals surface area contributed by atoms with E-state index in [1.54, 1.807) is 0 Å². The van der Waals surface area contributed by atoms with Crippen molar-refractivity contribution in [3.05, 3.63) is 0 Å². The molecule has 0 aromatic heterocycles. The second kappa shape index (κ2) is 4.49. The molecule has 4 nitrogen and oxygen atoms in total. The minimum atomic E-state index is -0.732. The largest absolute Gasteiger partial charge is 0.389 e. The summed E-state index contributed by atoms with van der Waals surface area (Å²) in [5.74, 6) is 0.239. The zero-order chi connectivity index (χ0) is 13.5. The van der Waals surface area contributed by atoms with Gasteiger partial charge in [0, 0.05) is 19.0 Å². The van der Waals surface area contributed by atoms with Crippen LogP contribution in [0, 0.1) is 22.7 Å². The summed E-state index contributed by atoms with van der Waals surface area (Å²) in [7, 11) is 0. The van der Waals surface area contributed by atoms with Crippen LogP contribution < -0.4 is 0 Å². The highest BCUT2D eigenvalue weighted by atomic mass is 16.3. The van der Waals surface area contributed by atoms with Gasteiger partial charge in [-0.1, -0.05) is 12.8 Å². The Bertz CT molecular complexity index is 424. The van der Waals surface area contributed by atoms with Gasteiger partial charge in [0.1, 0.15) is 5.41 Å². The predicted octanol–water partition coefficient (Wildman–Crippen LogP) is 1.83. The summed E-state index contributed by atoms with van der Waals surface area (Å²) in [4.78, 5) is 14.4. The molecule has 0 aromatic rings. The highest BCUT2D eigenvalue weighted by molar-refractivity contribution is 5.86. The molecule has 1 heterocycles. The molecule has 2 atom stereocenters. The minimum Gasteiger partial charge on any atom is -0.389 e. The van der Waals surface area contributed by atoms with Crippen LogP contribution in [0.25, 0.3) is 0 Å². The lowest BCUT2D eigenvalue weighted by Gasteiger charge is -2.49. The fourth-order valence-corrected chi connectivity index (χ4v) is 3.96. The molecule has 3 aliphatic rings. The molecule has 0 spiro atoms. The standard InChI is InChI=1S/C15H22N2O2/c16-11-14(5-3-6-14)13(18)17-9-8-15(19)7-2-1-4-12(15)10-17/h12,19H,1-10H2. The van der Waals surface area contributed by atoms with Crippen molar-refractivity contribution < 1.29 is 9.90 Å². The zero-order valence-corrected chi connectivity index (χ0v) is 11.4. The van der Waals surface area contributed by atoms with Crippen LogP contribution in [-0.4, -0.2) is 34.6 Å². The number of piperidine rings is 1. The summed E-state index contributed by atoms with van der Waals surface area (Å²) in [5.41, 5.74) is -1.28. The molecule has 1 N–H and O–H groups in total. The van der Waals surface area contributed by atoms with Gasteiger partial charge in [-0.15, -0.1) is 0 Å². The van der Waals surface area contributed by atoms with Gasteiger partial charge < -0.3 is 10.0 Å². The van der Waals surface area contributed by atoms with Gasteiger partial charge in [-0.2, -0.15) is 5.26 Å². The second-order valence-corrected chi connectivity index (χ2v) is 6.59. The fourth-order valence-electron chi connectivity index (χ4n) is 3.96. The van der Waals surface area contributed by atoms with Gasteiger partial charge in [-0.3, -0.25) is 4.79 Å². The summed E-state index contributed by atoms with van der Waals surface area (Å²) in [5, 5.41) is 19.9. The molecule has 104 valence electrons. The van der Waals surface area contributed by atoms with Gasteiger partial charge >= 0.3 is 0 Å². The van der Waals surface area contributed by atoms with Crippen LogP contribution in [0.4, 0.5) is 0 Å². The maximum atomic E-state index is 12.5. The Labute approximate surface area is 114 Å². The van der Waals surface area contributed by atoms with Gasteiger partial charge in [0.15, 0.2) is 0 Å².